The molecular formula is C37H28ClFN4O6. The van der Waals surface area contributed by atoms with Crippen LogP contribution in [0.15, 0.2) is 96.6 Å². The molecule has 10 nitrogen and oxygen atoms in total. The van der Waals surface area contributed by atoms with Crippen LogP contribution in [0, 0.1) is 29.5 Å². The Morgan fingerprint density at radius 2 is 1.57 bits per heavy atom. The molecule has 1 saturated carbocycles. The number of anilines is 1. The van der Waals surface area contributed by atoms with Crippen molar-refractivity contribution in [1.29, 1.82) is 0 Å². The molecule has 6 atom stereocenters. The van der Waals surface area contributed by atoms with E-state index in [0.29, 0.717) is 43.1 Å². The van der Waals surface area contributed by atoms with Gasteiger partial charge in [-0.15, -0.1) is 0 Å². The Morgan fingerprint density at radius 1 is 0.878 bits per heavy atom. The average molecular weight is 679 g/mol. The van der Waals surface area contributed by atoms with Crippen LogP contribution in [-0.4, -0.2) is 44.7 Å². The summed E-state index contributed by atoms with van der Waals surface area (Å²) in [5, 5.41) is 13.4. The molecule has 4 aromatic rings. The predicted octanol–water partition coefficient (Wildman–Crippen LogP) is 5.40. The summed E-state index contributed by atoms with van der Waals surface area (Å²) in [6.45, 7) is 0. The number of hydrogen-bond donors (Lipinski definition) is 3. The Labute approximate surface area is 283 Å². The number of carbonyl (C=O) groups is 5. The van der Waals surface area contributed by atoms with Crippen molar-refractivity contribution in [2.24, 2.45) is 29.4 Å². The van der Waals surface area contributed by atoms with E-state index < -0.39 is 70.5 Å². The number of carbonyl (C=O) groups excluding carboxylic acids is 5. The summed E-state index contributed by atoms with van der Waals surface area (Å²) in [5.41, 5.74) is 8.88. The number of hydrazine groups is 1. The van der Waals surface area contributed by atoms with Gasteiger partial charge in [0.05, 0.1) is 28.9 Å². The van der Waals surface area contributed by atoms with Crippen LogP contribution < -0.4 is 11.2 Å². The summed E-state index contributed by atoms with van der Waals surface area (Å²) < 4.78 is 13.8. The molecule has 4 aromatic carbocycles. The largest absolute Gasteiger partial charge is 0.507 e. The maximum absolute atomic E-state index is 15.2. The number of rotatable bonds is 4. The standard InChI is InChI=1S/C37H28ClFN4O6/c38-19-7-5-18(6-8-19)37-28(33(46)43(35(37)48)41-21-11-9-20(39)10-12-21)17-27-25(13-14-26-30(27)34(47)42(32(26)45)36(40)49)31(37)24-15-16-29(44)23-4-2-1-3-22(23)24/h1-13,15-16,26-28,30-31,41,44H,14,17H2,(H2,40,49)/t26-,27+,28-,30-,31-,37+/m0/s1. The topological polar surface area (TPSA) is 150 Å². The minimum Gasteiger partial charge on any atom is -0.507 e. The Kier molecular flexibility index (Phi) is 6.90. The SMILES string of the molecule is NC(=O)N1C(=O)[C@H]2[C@H](CC=C3[C@H]2C[C@H]2C(=O)N(Nc4ccc(F)cc4)C(=O)[C@@]2(c2ccc(Cl)cc2)[C@H]3c2ccc(O)c3ccccc23)C1=O. The average Bonchev–Trinajstić information content (AvgIpc) is 3.47. The second-order valence-corrected chi connectivity index (χ2v) is 13.4. The number of nitrogens with two attached hydrogens (primary N) is 1. The summed E-state index contributed by atoms with van der Waals surface area (Å²) in [6.07, 6.45) is 1.97. The van der Waals surface area contributed by atoms with Gasteiger partial charge in [0.25, 0.3) is 11.8 Å². The van der Waals surface area contributed by atoms with E-state index in [1.165, 1.54) is 30.3 Å². The minimum absolute atomic E-state index is 0.0000639. The van der Waals surface area contributed by atoms with Crippen LogP contribution in [0.4, 0.5) is 14.9 Å². The normalized spacial score (nSPS) is 27.6. The fourth-order valence-electron chi connectivity index (χ4n) is 8.78. The first-order valence-corrected chi connectivity index (χ1v) is 16.2. The lowest BCUT2D eigenvalue weighted by Gasteiger charge is -2.51. The zero-order valence-electron chi connectivity index (χ0n) is 25.7. The van der Waals surface area contributed by atoms with E-state index in [1.807, 2.05) is 12.1 Å². The number of allylic oxidation sites excluding steroid dienone is 2. The summed E-state index contributed by atoms with van der Waals surface area (Å²) in [7, 11) is 0. The van der Waals surface area contributed by atoms with Crippen LogP contribution in [0.5, 0.6) is 5.75 Å². The highest BCUT2D eigenvalue weighted by molar-refractivity contribution is 6.30. The molecule has 4 aliphatic rings. The van der Waals surface area contributed by atoms with Crippen LogP contribution in [0.25, 0.3) is 10.8 Å². The third kappa shape index (κ3) is 4.28. The lowest BCUT2D eigenvalue weighted by molar-refractivity contribution is -0.139. The van der Waals surface area contributed by atoms with Gasteiger partial charge in [0.15, 0.2) is 0 Å². The summed E-state index contributed by atoms with van der Waals surface area (Å²) in [6, 6.07) is 21.2. The Hall–Kier alpha value is -5.55. The number of likely N-dealkylation sites (tertiary alicyclic amines) is 1. The van der Waals surface area contributed by atoms with Crippen molar-refractivity contribution in [2.45, 2.75) is 24.2 Å². The number of urea groups is 1. The maximum Gasteiger partial charge on any atom is 0.328 e. The zero-order chi connectivity index (χ0) is 34.4. The van der Waals surface area contributed by atoms with Crippen molar-refractivity contribution in [3.63, 3.8) is 0 Å². The number of nitrogens with one attached hydrogen (secondary N) is 1. The molecule has 0 bridgehead atoms. The number of aromatic hydroxyl groups is 1. The fraction of sp³-hybridized carbons (Fsp3) is 0.216. The molecule has 0 aromatic heterocycles. The third-order valence-corrected chi connectivity index (χ3v) is 11.0. The lowest BCUT2D eigenvalue weighted by Crippen LogP contribution is -2.53. The van der Waals surface area contributed by atoms with Crippen molar-refractivity contribution in [3.8, 4) is 5.75 Å². The van der Waals surface area contributed by atoms with Gasteiger partial charge in [-0.25, -0.2) is 9.18 Å². The van der Waals surface area contributed by atoms with Crippen LogP contribution in [-0.2, 0) is 24.6 Å². The Bertz CT molecular complexity index is 2150. The summed E-state index contributed by atoms with van der Waals surface area (Å²) in [4.78, 5) is 69.9. The van der Waals surface area contributed by atoms with Gasteiger partial charge >= 0.3 is 6.03 Å². The predicted molar refractivity (Wildman–Crippen MR) is 176 cm³/mol. The number of amides is 6. The van der Waals surface area contributed by atoms with E-state index in [0.717, 1.165) is 5.01 Å². The molecule has 2 aliphatic carbocycles. The molecule has 0 radical (unpaired) electrons. The Balaban J connectivity index is 1.41. The van der Waals surface area contributed by atoms with Gasteiger partial charge in [0, 0.05) is 16.3 Å². The number of nitrogens with zero attached hydrogens (tertiary/aromatic N) is 2. The molecule has 12 heteroatoms. The molecular weight excluding hydrogens is 651 g/mol. The molecule has 49 heavy (non-hydrogen) atoms. The van der Waals surface area contributed by atoms with Gasteiger partial charge < -0.3 is 10.8 Å². The number of hydrogen-bond acceptors (Lipinski definition) is 7. The highest BCUT2D eigenvalue weighted by Crippen LogP contribution is 2.64. The molecule has 246 valence electrons. The highest BCUT2D eigenvalue weighted by atomic mass is 35.5. The molecule has 6 amide bonds. The first-order valence-electron chi connectivity index (χ1n) is 15.8. The minimum atomic E-state index is -1.60. The molecule has 2 saturated heterocycles. The Morgan fingerprint density at radius 3 is 2.27 bits per heavy atom. The third-order valence-electron chi connectivity index (χ3n) is 10.7. The number of halogens is 2. The van der Waals surface area contributed by atoms with Crippen molar-refractivity contribution in [2.75, 3.05) is 5.43 Å². The van der Waals surface area contributed by atoms with Crippen LogP contribution in [0.1, 0.15) is 29.9 Å². The number of phenols is 1. The number of fused-ring (bicyclic) bond motifs is 5. The van der Waals surface area contributed by atoms with Crippen molar-refractivity contribution >= 4 is 57.7 Å². The first kappa shape index (κ1) is 30.8. The molecule has 2 aliphatic heterocycles. The van der Waals surface area contributed by atoms with Crippen LogP contribution in [0.3, 0.4) is 0 Å². The molecule has 3 fully saturated rings. The van der Waals surface area contributed by atoms with Gasteiger partial charge in [-0.2, -0.15) is 9.91 Å². The molecule has 4 N–H and O–H groups in total. The van der Waals surface area contributed by atoms with E-state index in [9.17, 15) is 28.7 Å². The fourth-order valence-corrected chi connectivity index (χ4v) is 8.90. The second kappa shape index (κ2) is 11.0. The first-order chi connectivity index (χ1) is 23.5. The number of imide groups is 4. The van der Waals surface area contributed by atoms with Gasteiger partial charge in [-0.3, -0.25) is 24.6 Å². The van der Waals surface area contributed by atoms with Crippen LogP contribution >= 0.6 is 11.6 Å². The van der Waals surface area contributed by atoms with E-state index in [2.05, 4.69) is 5.43 Å². The van der Waals surface area contributed by atoms with Gasteiger partial charge in [-0.05, 0) is 77.7 Å². The van der Waals surface area contributed by atoms with Gasteiger partial charge in [-0.1, -0.05) is 65.7 Å². The zero-order valence-corrected chi connectivity index (χ0v) is 26.4. The van der Waals surface area contributed by atoms with E-state index >= 15 is 4.79 Å². The second-order valence-electron chi connectivity index (χ2n) is 12.9. The van der Waals surface area contributed by atoms with E-state index in [4.69, 9.17) is 17.3 Å². The molecule has 0 unspecified atom stereocenters. The lowest BCUT2D eigenvalue weighted by atomic mass is 9.49. The smallest absolute Gasteiger partial charge is 0.328 e. The van der Waals surface area contributed by atoms with Crippen molar-refractivity contribution in [1.82, 2.24) is 9.91 Å². The van der Waals surface area contributed by atoms with Crippen molar-refractivity contribution < 1.29 is 33.5 Å². The summed E-state index contributed by atoms with van der Waals surface area (Å²) >= 11 is 6.34. The molecule has 0 spiro atoms. The van der Waals surface area contributed by atoms with Crippen LogP contribution in [0.2, 0.25) is 5.02 Å². The number of benzene rings is 4. The molecule has 8 rings (SSSR count). The number of primary amides is 1. The maximum atomic E-state index is 15.2. The van der Waals surface area contributed by atoms with Crippen molar-refractivity contribution in [3.05, 3.63) is 119 Å². The highest BCUT2D eigenvalue weighted by Gasteiger charge is 2.70. The summed E-state index contributed by atoms with van der Waals surface area (Å²) in [5.74, 6) is -7.59. The monoisotopic (exact) mass is 678 g/mol. The van der Waals surface area contributed by atoms with E-state index in [1.54, 1.807) is 48.5 Å². The van der Waals surface area contributed by atoms with Gasteiger partial charge in [0.2, 0.25) is 11.8 Å². The van der Waals surface area contributed by atoms with E-state index in [-0.39, 0.29) is 18.6 Å². The number of phenolic OH excluding ortho intramolecular Hbond substituents is 1. The molecule has 2 heterocycles. The quantitative estimate of drug-likeness (QED) is 0.193. The van der Waals surface area contributed by atoms with Gasteiger partial charge in [0.1, 0.15) is 11.6 Å².